The molecule has 0 bridgehead atoms. The standard InChI is InChI=1S/C15H21N3O4/c1-3-22-14(19)15(6-4-5-7-15)10-17-13-12(18(20)21)8-11(2)9-16-13/h8-9H,3-7,10H2,1-2H3,(H,16,17). The van der Waals surface area contributed by atoms with Gasteiger partial charge in [-0.25, -0.2) is 4.98 Å². The predicted molar refractivity (Wildman–Crippen MR) is 81.7 cm³/mol. The summed E-state index contributed by atoms with van der Waals surface area (Å²) in [6.07, 6.45) is 4.96. The fraction of sp³-hybridized carbons (Fsp3) is 0.600. The summed E-state index contributed by atoms with van der Waals surface area (Å²) < 4.78 is 5.18. The van der Waals surface area contributed by atoms with Crippen LogP contribution in [0.25, 0.3) is 0 Å². The van der Waals surface area contributed by atoms with E-state index in [1.165, 1.54) is 6.07 Å². The van der Waals surface area contributed by atoms with Gasteiger partial charge in [0.25, 0.3) is 0 Å². The molecular formula is C15H21N3O4. The van der Waals surface area contributed by atoms with Gasteiger partial charge >= 0.3 is 11.7 Å². The van der Waals surface area contributed by atoms with Crippen molar-refractivity contribution in [2.45, 2.75) is 39.5 Å². The molecule has 120 valence electrons. The molecule has 22 heavy (non-hydrogen) atoms. The van der Waals surface area contributed by atoms with Crippen LogP contribution >= 0.6 is 0 Å². The minimum absolute atomic E-state index is 0.0722. The third-order valence-electron chi connectivity index (χ3n) is 4.06. The molecule has 0 amide bonds. The van der Waals surface area contributed by atoms with E-state index in [-0.39, 0.29) is 17.5 Å². The van der Waals surface area contributed by atoms with Crippen molar-refractivity contribution in [3.63, 3.8) is 0 Å². The topological polar surface area (TPSA) is 94.4 Å². The Hall–Kier alpha value is -2.18. The number of carbonyl (C=O) groups excluding carboxylic acids is 1. The van der Waals surface area contributed by atoms with Crippen molar-refractivity contribution < 1.29 is 14.5 Å². The quantitative estimate of drug-likeness (QED) is 0.493. The van der Waals surface area contributed by atoms with E-state index < -0.39 is 10.3 Å². The van der Waals surface area contributed by atoms with Crippen LogP contribution in [0, 0.1) is 22.5 Å². The van der Waals surface area contributed by atoms with Crippen LogP contribution < -0.4 is 5.32 Å². The van der Waals surface area contributed by atoms with E-state index in [2.05, 4.69) is 10.3 Å². The molecule has 1 heterocycles. The Balaban J connectivity index is 2.17. The second-order valence-electron chi connectivity index (χ2n) is 5.70. The monoisotopic (exact) mass is 307 g/mol. The van der Waals surface area contributed by atoms with E-state index in [0.717, 1.165) is 31.2 Å². The van der Waals surface area contributed by atoms with Gasteiger partial charge in [0, 0.05) is 18.8 Å². The molecule has 0 aromatic carbocycles. The maximum absolute atomic E-state index is 12.2. The number of aromatic nitrogens is 1. The van der Waals surface area contributed by atoms with Gasteiger partial charge in [0.2, 0.25) is 5.82 Å². The maximum atomic E-state index is 12.2. The van der Waals surface area contributed by atoms with Crippen LogP contribution in [0.15, 0.2) is 12.3 Å². The summed E-state index contributed by atoms with van der Waals surface area (Å²) in [5.74, 6) is -0.0269. The zero-order chi connectivity index (χ0) is 16.2. The minimum Gasteiger partial charge on any atom is -0.466 e. The molecule has 1 aromatic rings. The molecule has 7 heteroatoms. The van der Waals surface area contributed by atoms with Gasteiger partial charge in [0.15, 0.2) is 0 Å². The Bertz CT molecular complexity index is 568. The predicted octanol–water partition coefficient (Wildman–Crippen LogP) is 2.83. The first-order chi connectivity index (χ1) is 10.5. The number of nitro groups is 1. The van der Waals surface area contributed by atoms with Gasteiger partial charge in [-0.15, -0.1) is 0 Å². The fourth-order valence-electron chi connectivity index (χ4n) is 2.87. The molecule has 0 aliphatic heterocycles. The number of nitrogens with zero attached hydrogens (tertiary/aromatic N) is 2. The second kappa shape index (κ2) is 6.72. The third-order valence-corrected chi connectivity index (χ3v) is 4.06. The molecule has 0 spiro atoms. The van der Waals surface area contributed by atoms with Crippen molar-refractivity contribution in [2.24, 2.45) is 5.41 Å². The summed E-state index contributed by atoms with van der Waals surface area (Å²) in [5, 5.41) is 14.1. The summed E-state index contributed by atoms with van der Waals surface area (Å²) in [5.41, 5.74) is 0.0476. The van der Waals surface area contributed by atoms with Crippen molar-refractivity contribution in [1.82, 2.24) is 4.98 Å². The van der Waals surface area contributed by atoms with Crippen LogP contribution in [-0.2, 0) is 9.53 Å². The average molecular weight is 307 g/mol. The third kappa shape index (κ3) is 3.35. The molecule has 2 rings (SSSR count). The Morgan fingerprint density at radius 2 is 2.18 bits per heavy atom. The van der Waals surface area contributed by atoms with E-state index in [0.29, 0.717) is 13.2 Å². The molecule has 1 N–H and O–H groups in total. The lowest BCUT2D eigenvalue weighted by Gasteiger charge is -2.26. The molecule has 1 saturated carbocycles. The van der Waals surface area contributed by atoms with E-state index >= 15 is 0 Å². The Labute approximate surface area is 129 Å². The van der Waals surface area contributed by atoms with Gasteiger partial charge in [-0.05, 0) is 32.3 Å². The molecule has 1 aliphatic rings. The first-order valence-electron chi connectivity index (χ1n) is 7.50. The average Bonchev–Trinajstić information content (AvgIpc) is 2.96. The lowest BCUT2D eigenvalue weighted by Crippen LogP contribution is -2.37. The first kappa shape index (κ1) is 16.2. The number of pyridine rings is 1. The largest absolute Gasteiger partial charge is 0.466 e. The molecule has 1 aliphatic carbocycles. The molecule has 0 unspecified atom stereocenters. The van der Waals surface area contributed by atoms with E-state index in [1.807, 2.05) is 0 Å². The number of rotatable bonds is 6. The van der Waals surface area contributed by atoms with Crippen molar-refractivity contribution in [1.29, 1.82) is 0 Å². The van der Waals surface area contributed by atoms with Crippen molar-refractivity contribution in [2.75, 3.05) is 18.5 Å². The first-order valence-corrected chi connectivity index (χ1v) is 7.50. The van der Waals surface area contributed by atoms with Crippen LogP contribution in [0.3, 0.4) is 0 Å². The van der Waals surface area contributed by atoms with Crippen LogP contribution in [-0.4, -0.2) is 29.0 Å². The van der Waals surface area contributed by atoms with Crippen LogP contribution in [0.5, 0.6) is 0 Å². The van der Waals surface area contributed by atoms with Crippen molar-refractivity contribution >= 4 is 17.5 Å². The highest BCUT2D eigenvalue weighted by atomic mass is 16.6. The fourth-order valence-corrected chi connectivity index (χ4v) is 2.87. The van der Waals surface area contributed by atoms with Gasteiger partial charge in [-0.3, -0.25) is 14.9 Å². The number of aryl methyl sites for hydroxylation is 1. The lowest BCUT2D eigenvalue weighted by atomic mass is 9.86. The van der Waals surface area contributed by atoms with Crippen LogP contribution in [0.1, 0.15) is 38.2 Å². The number of nitrogens with one attached hydrogen (secondary N) is 1. The van der Waals surface area contributed by atoms with Gasteiger partial charge in [0.1, 0.15) is 0 Å². The summed E-state index contributed by atoms with van der Waals surface area (Å²) in [4.78, 5) is 27.0. The molecule has 0 radical (unpaired) electrons. The van der Waals surface area contributed by atoms with Crippen LogP contribution in [0.2, 0.25) is 0 Å². The van der Waals surface area contributed by atoms with E-state index in [9.17, 15) is 14.9 Å². The van der Waals surface area contributed by atoms with Crippen molar-refractivity contribution in [3.8, 4) is 0 Å². The molecule has 0 saturated heterocycles. The lowest BCUT2D eigenvalue weighted by molar-refractivity contribution is -0.384. The number of carbonyl (C=O) groups is 1. The zero-order valence-corrected chi connectivity index (χ0v) is 12.9. The Morgan fingerprint density at radius 1 is 1.50 bits per heavy atom. The molecule has 1 aromatic heterocycles. The highest BCUT2D eigenvalue weighted by Crippen LogP contribution is 2.40. The zero-order valence-electron chi connectivity index (χ0n) is 12.9. The number of anilines is 1. The molecule has 7 nitrogen and oxygen atoms in total. The van der Waals surface area contributed by atoms with E-state index in [1.54, 1.807) is 20.0 Å². The van der Waals surface area contributed by atoms with Gasteiger partial charge in [-0.1, -0.05) is 12.8 Å². The SMILES string of the molecule is CCOC(=O)C1(CNc2ncc(C)cc2[N+](=O)[O-])CCCC1. The van der Waals surface area contributed by atoms with Gasteiger partial charge in [0.05, 0.1) is 16.9 Å². The number of ether oxygens (including phenoxy) is 1. The molecule has 1 fully saturated rings. The summed E-state index contributed by atoms with van der Waals surface area (Å²) >= 11 is 0. The Morgan fingerprint density at radius 3 is 2.77 bits per heavy atom. The summed E-state index contributed by atoms with van der Waals surface area (Å²) in [6, 6.07) is 1.47. The van der Waals surface area contributed by atoms with Crippen molar-refractivity contribution in [3.05, 3.63) is 27.9 Å². The highest BCUT2D eigenvalue weighted by molar-refractivity contribution is 5.78. The number of hydrogen-bond acceptors (Lipinski definition) is 6. The van der Waals surface area contributed by atoms with E-state index in [4.69, 9.17) is 4.74 Å². The summed E-state index contributed by atoms with van der Waals surface area (Å²) in [7, 11) is 0. The summed E-state index contributed by atoms with van der Waals surface area (Å²) in [6.45, 7) is 4.17. The van der Waals surface area contributed by atoms with Crippen LogP contribution in [0.4, 0.5) is 11.5 Å². The molecular weight excluding hydrogens is 286 g/mol. The minimum atomic E-state index is -0.601. The van der Waals surface area contributed by atoms with Gasteiger partial charge in [-0.2, -0.15) is 0 Å². The highest BCUT2D eigenvalue weighted by Gasteiger charge is 2.42. The second-order valence-corrected chi connectivity index (χ2v) is 5.70. The molecule has 0 atom stereocenters. The number of hydrogen-bond donors (Lipinski definition) is 1. The van der Waals surface area contributed by atoms with Gasteiger partial charge < -0.3 is 10.1 Å². The number of esters is 1. The maximum Gasteiger partial charge on any atom is 0.313 e. The smallest absolute Gasteiger partial charge is 0.313 e. The normalized spacial score (nSPS) is 16.3. The Kier molecular flexibility index (Phi) is 4.95.